The van der Waals surface area contributed by atoms with Crippen LogP contribution < -0.4 is 14.8 Å². The predicted molar refractivity (Wildman–Crippen MR) is 106 cm³/mol. The van der Waals surface area contributed by atoms with E-state index in [0.717, 1.165) is 23.1 Å². The fourth-order valence-electron chi connectivity index (χ4n) is 3.23. The van der Waals surface area contributed by atoms with Crippen molar-refractivity contribution in [1.82, 2.24) is 5.32 Å². The van der Waals surface area contributed by atoms with Gasteiger partial charge in [-0.2, -0.15) is 0 Å². The molecule has 6 nitrogen and oxygen atoms in total. The smallest absolute Gasteiger partial charge is 0.251 e. The molecule has 0 bridgehead atoms. The average molecular weight is 388 g/mol. The third-order valence-electron chi connectivity index (χ3n) is 4.38. The highest BCUT2D eigenvalue weighted by Gasteiger charge is 2.34. The Kier molecular flexibility index (Phi) is 4.90. The molecular weight excluding hydrogens is 364 g/mol. The zero-order chi connectivity index (χ0) is 19.8. The van der Waals surface area contributed by atoms with Gasteiger partial charge in [0.1, 0.15) is 11.4 Å². The first-order chi connectivity index (χ1) is 12.5. The first-order valence-corrected chi connectivity index (χ1v) is 10.6. The molecule has 0 spiro atoms. The molecule has 1 amide bonds. The summed E-state index contributed by atoms with van der Waals surface area (Å²) in [6, 6.07) is 12.2. The molecule has 0 saturated carbocycles. The fraction of sp³-hybridized carbons (Fsp3) is 0.350. The maximum Gasteiger partial charge on any atom is 0.251 e. The number of carbonyl (C=O) groups excluding carboxylic acids is 1. The zero-order valence-corrected chi connectivity index (χ0v) is 16.7. The van der Waals surface area contributed by atoms with Crippen LogP contribution in [0.3, 0.4) is 0 Å². The van der Waals surface area contributed by atoms with Crippen LogP contribution >= 0.6 is 0 Å². The third kappa shape index (κ3) is 4.80. The average Bonchev–Trinajstić information content (AvgIpc) is 2.52. The second kappa shape index (κ2) is 6.88. The number of carbonyl (C=O) groups is 1. The van der Waals surface area contributed by atoms with Gasteiger partial charge in [0.05, 0.1) is 12.3 Å². The van der Waals surface area contributed by atoms with Crippen molar-refractivity contribution in [2.24, 2.45) is 0 Å². The normalized spacial score (nSPS) is 18.1. The number of fused-ring (bicyclic) bond motifs is 1. The fourth-order valence-corrected chi connectivity index (χ4v) is 3.80. The van der Waals surface area contributed by atoms with E-state index in [4.69, 9.17) is 4.74 Å². The molecule has 0 radical (unpaired) electrons. The van der Waals surface area contributed by atoms with Crippen molar-refractivity contribution < 1.29 is 17.9 Å². The summed E-state index contributed by atoms with van der Waals surface area (Å²) in [5, 5.41) is 3.08. The molecular formula is C20H24N2O4S. The molecule has 0 saturated heterocycles. The van der Waals surface area contributed by atoms with Gasteiger partial charge in [-0.1, -0.05) is 12.1 Å². The number of hydrogen-bond acceptors (Lipinski definition) is 4. The first-order valence-electron chi connectivity index (χ1n) is 8.71. The Balaban J connectivity index is 1.79. The van der Waals surface area contributed by atoms with Gasteiger partial charge >= 0.3 is 0 Å². The summed E-state index contributed by atoms with van der Waals surface area (Å²) in [7, 11) is -3.35. The monoisotopic (exact) mass is 388 g/mol. The molecule has 2 N–H and O–H groups in total. The van der Waals surface area contributed by atoms with Gasteiger partial charge in [-0.25, -0.2) is 8.42 Å². The van der Waals surface area contributed by atoms with E-state index in [1.54, 1.807) is 24.3 Å². The standard InChI is InChI=1S/C20H24N2O4S/c1-13-5-10-16-17(12-20(2,3)26-18(16)11-13)21-19(23)14-6-8-15(9-7-14)22-27(4,24)25/h5-11,17,22H,12H2,1-4H3,(H,21,23)/t17-/m1/s1. The molecule has 1 heterocycles. The van der Waals surface area contributed by atoms with Crippen molar-refractivity contribution in [3.8, 4) is 5.75 Å². The van der Waals surface area contributed by atoms with Gasteiger partial charge in [0.2, 0.25) is 10.0 Å². The number of ether oxygens (including phenoxy) is 1. The number of anilines is 1. The van der Waals surface area contributed by atoms with E-state index >= 15 is 0 Å². The van der Waals surface area contributed by atoms with Gasteiger partial charge in [0.25, 0.3) is 5.91 Å². The van der Waals surface area contributed by atoms with Crippen LogP contribution in [-0.2, 0) is 10.0 Å². The number of amides is 1. The Hall–Kier alpha value is -2.54. The second-order valence-electron chi connectivity index (χ2n) is 7.58. The Morgan fingerprint density at radius 1 is 1.15 bits per heavy atom. The lowest BCUT2D eigenvalue weighted by Crippen LogP contribution is -2.41. The number of benzene rings is 2. The van der Waals surface area contributed by atoms with E-state index < -0.39 is 10.0 Å². The van der Waals surface area contributed by atoms with E-state index in [0.29, 0.717) is 17.7 Å². The van der Waals surface area contributed by atoms with E-state index in [1.165, 1.54) is 0 Å². The molecule has 0 unspecified atom stereocenters. The molecule has 0 fully saturated rings. The molecule has 2 aromatic carbocycles. The summed E-state index contributed by atoms with van der Waals surface area (Å²) in [5.41, 5.74) is 2.56. The number of sulfonamides is 1. The minimum atomic E-state index is -3.35. The highest BCUT2D eigenvalue weighted by atomic mass is 32.2. The van der Waals surface area contributed by atoms with Gasteiger partial charge in [-0.15, -0.1) is 0 Å². The minimum Gasteiger partial charge on any atom is -0.487 e. The highest BCUT2D eigenvalue weighted by Crippen LogP contribution is 2.40. The maximum atomic E-state index is 12.7. The van der Waals surface area contributed by atoms with Crippen LogP contribution in [0.15, 0.2) is 42.5 Å². The highest BCUT2D eigenvalue weighted by molar-refractivity contribution is 7.92. The zero-order valence-electron chi connectivity index (χ0n) is 15.9. The van der Waals surface area contributed by atoms with Gasteiger partial charge < -0.3 is 10.1 Å². The van der Waals surface area contributed by atoms with Crippen LogP contribution in [0.25, 0.3) is 0 Å². The van der Waals surface area contributed by atoms with Gasteiger partial charge in [0.15, 0.2) is 0 Å². The largest absolute Gasteiger partial charge is 0.487 e. The summed E-state index contributed by atoms with van der Waals surface area (Å²) in [4.78, 5) is 12.7. The molecule has 1 atom stereocenters. The molecule has 1 aliphatic heterocycles. The van der Waals surface area contributed by atoms with Gasteiger partial charge in [-0.3, -0.25) is 9.52 Å². The number of rotatable bonds is 4. The number of hydrogen-bond donors (Lipinski definition) is 2. The van der Waals surface area contributed by atoms with Crippen molar-refractivity contribution in [2.45, 2.75) is 38.8 Å². The van der Waals surface area contributed by atoms with Crippen molar-refractivity contribution >= 4 is 21.6 Å². The lowest BCUT2D eigenvalue weighted by atomic mass is 9.89. The van der Waals surface area contributed by atoms with E-state index in [1.807, 2.05) is 39.0 Å². The molecule has 0 aromatic heterocycles. The topological polar surface area (TPSA) is 84.5 Å². The van der Waals surface area contributed by atoms with Crippen LogP contribution in [0.2, 0.25) is 0 Å². The minimum absolute atomic E-state index is 0.161. The van der Waals surface area contributed by atoms with E-state index in [2.05, 4.69) is 10.0 Å². The lowest BCUT2D eigenvalue weighted by Gasteiger charge is -2.38. The van der Waals surface area contributed by atoms with Gasteiger partial charge in [-0.05, 0) is 56.7 Å². The summed E-state index contributed by atoms with van der Waals surface area (Å²) >= 11 is 0. The SMILES string of the molecule is Cc1ccc2c(c1)OC(C)(C)C[C@H]2NC(=O)c1ccc(NS(C)(=O)=O)cc1. The van der Waals surface area contributed by atoms with E-state index in [-0.39, 0.29) is 17.6 Å². The van der Waals surface area contributed by atoms with Crippen LogP contribution in [0.5, 0.6) is 5.75 Å². The van der Waals surface area contributed by atoms with Crippen molar-refractivity contribution in [3.63, 3.8) is 0 Å². The van der Waals surface area contributed by atoms with Gasteiger partial charge in [0, 0.05) is 23.2 Å². The molecule has 2 aromatic rings. The molecule has 27 heavy (non-hydrogen) atoms. The summed E-state index contributed by atoms with van der Waals surface area (Å²) in [6.45, 7) is 6.01. The van der Waals surface area contributed by atoms with Crippen LogP contribution in [0, 0.1) is 6.92 Å². The summed E-state index contributed by atoms with van der Waals surface area (Å²) < 4.78 is 31.0. The first kappa shape index (κ1) is 19.2. The molecule has 1 aliphatic rings. The second-order valence-corrected chi connectivity index (χ2v) is 9.33. The van der Waals surface area contributed by atoms with E-state index in [9.17, 15) is 13.2 Å². The Morgan fingerprint density at radius 3 is 2.44 bits per heavy atom. The quantitative estimate of drug-likeness (QED) is 0.841. The molecule has 0 aliphatic carbocycles. The summed E-state index contributed by atoms with van der Waals surface area (Å²) in [5.74, 6) is 0.583. The molecule has 7 heteroatoms. The van der Waals surface area contributed by atoms with Crippen molar-refractivity contribution in [3.05, 3.63) is 59.2 Å². The molecule has 3 rings (SSSR count). The number of nitrogens with one attached hydrogen (secondary N) is 2. The van der Waals surface area contributed by atoms with Crippen LogP contribution in [0.1, 0.15) is 47.8 Å². The Morgan fingerprint density at radius 2 is 1.81 bits per heavy atom. The Bertz CT molecular complexity index is 966. The Labute approximate surface area is 160 Å². The lowest BCUT2D eigenvalue weighted by molar-refractivity contribution is 0.0619. The predicted octanol–water partition coefficient (Wildman–Crippen LogP) is 3.40. The molecule has 144 valence electrons. The van der Waals surface area contributed by atoms with Crippen molar-refractivity contribution in [2.75, 3.05) is 11.0 Å². The summed E-state index contributed by atoms with van der Waals surface area (Å²) in [6.07, 6.45) is 1.74. The van der Waals surface area contributed by atoms with Crippen molar-refractivity contribution in [1.29, 1.82) is 0 Å². The van der Waals surface area contributed by atoms with Crippen LogP contribution in [-0.4, -0.2) is 26.2 Å². The number of aryl methyl sites for hydroxylation is 1. The van der Waals surface area contributed by atoms with Crippen LogP contribution in [0.4, 0.5) is 5.69 Å². The maximum absolute atomic E-state index is 12.7. The third-order valence-corrected chi connectivity index (χ3v) is 4.99.